The number of amides is 1. The molecule has 1 N–H and O–H groups in total. The molecule has 0 aromatic heterocycles. The molecule has 0 aliphatic carbocycles. The van der Waals surface area contributed by atoms with E-state index in [0.717, 1.165) is 13.0 Å². The van der Waals surface area contributed by atoms with Gasteiger partial charge in [-0.05, 0) is 37.1 Å². The number of anilines is 1. The summed E-state index contributed by atoms with van der Waals surface area (Å²) in [5.41, 5.74) is 2.54. The zero-order valence-electron chi connectivity index (χ0n) is 14.8. The second-order valence-electron chi connectivity index (χ2n) is 6.27. The van der Waals surface area contributed by atoms with E-state index in [1.54, 1.807) is 0 Å². The van der Waals surface area contributed by atoms with Crippen LogP contribution in [0.2, 0.25) is 0 Å². The Bertz CT molecular complexity index is 837. The number of fused-ring (bicyclic) bond motifs is 1. The Labute approximate surface area is 151 Å². The van der Waals surface area contributed by atoms with Crippen molar-refractivity contribution in [1.29, 1.82) is 0 Å². The van der Waals surface area contributed by atoms with E-state index >= 15 is 0 Å². The van der Waals surface area contributed by atoms with Crippen LogP contribution in [0.25, 0.3) is 0 Å². The smallest absolute Gasteiger partial charge is 0.311 e. The monoisotopic (exact) mass is 355 g/mol. The predicted octanol–water partition coefficient (Wildman–Crippen LogP) is 2.78. The first-order chi connectivity index (χ1) is 12.5. The molecule has 3 rings (SSSR count). The van der Waals surface area contributed by atoms with Crippen molar-refractivity contribution in [3.8, 4) is 5.75 Å². The molecule has 0 saturated heterocycles. The van der Waals surface area contributed by atoms with Gasteiger partial charge < -0.3 is 15.0 Å². The highest BCUT2D eigenvalue weighted by Gasteiger charge is 2.24. The van der Waals surface area contributed by atoms with Gasteiger partial charge in [-0.25, -0.2) is 0 Å². The molecule has 26 heavy (non-hydrogen) atoms. The number of methoxy groups -OCH3 is 1. The zero-order chi connectivity index (χ0) is 18.7. The summed E-state index contributed by atoms with van der Waals surface area (Å²) >= 11 is 0. The van der Waals surface area contributed by atoms with Crippen molar-refractivity contribution >= 4 is 17.3 Å². The molecule has 0 radical (unpaired) electrons. The SMILES string of the molecule is COc1ccc(C(=O)NC[C@@H](C)N2CCc3ccccc32)cc1[N+](=O)[O-]. The molecule has 2 aromatic carbocycles. The number of ether oxygens (including phenoxy) is 1. The third-order valence-corrected chi connectivity index (χ3v) is 4.65. The third kappa shape index (κ3) is 3.46. The predicted molar refractivity (Wildman–Crippen MR) is 98.9 cm³/mol. The fourth-order valence-corrected chi connectivity index (χ4v) is 3.25. The highest BCUT2D eigenvalue weighted by Crippen LogP contribution is 2.29. The zero-order valence-corrected chi connectivity index (χ0v) is 14.8. The first-order valence-electron chi connectivity index (χ1n) is 8.46. The lowest BCUT2D eigenvalue weighted by atomic mass is 10.1. The van der Waals surface area contributed by atoms with Crippen molar-refractivity contribution in [2.24, 2.45) is 0 Å². The number of hydrogen-bond acceptors (Lipinski definition) is 5. The lowest BCUT2D eigenvalue weighted by molar-refractivity contribution is -0.385. The van der Waals surface area contributed by atoms with Crippen LogP contribution in [0.4, 0.5) is 11.4 Å². The summed E-state index contributed by atoms with van der Waals surface area (Å²) in [6.07, 6.45) is 0.999. The molecule has 0 fully saturated rings. The average Bonchev–Trinajstić information content (AvgIpc) is 3.09. The maximum Gasteiger partial charge on any atom is 0.311 e. The fourth-order valence-electron chi connectivity index (χ4n) is 3.25. The molecule has 1 heterocycles. The Morgan fingerprint density at radius 2 is 2.12 bits per heavy atom. The van der Waals surface area contributed by atoms with Gasteiger partial charge in [0.05, 0.1) is 12.0 Å². The number of carbonyl (C=O) groups is 1. The van der Waals surface area contributed by atoms with Gasteiger partial charge in [0.2, 0.25) is 0 Å². The normalized spacial score (nSPS) is 13.8. The van der Waals surface area contributed by atoms with Gasteiger partial charge in [-0.15, -0.1) is 0 Å². The van der Waals surface area contributed by atoms with E-state index in [1.165, 1.54) is 36.6 Å². The number of rotatable bonds is 6. The molecule has 1 aliphatic heterocycles. The maximum absolute atomic E-state index is 12.4. The Morgan fingerprint density at radius 3 is 2.85 bits per heavy atom. The van der Waals surface area contributed by atoms with Crippen LogP contribution in [0, 0.1) is 10.1 Å². The Balaban J connectivity index is 1.66. The van der Waals surface area contributed by atoms with Gasteiger partial charge in [0.25, 0.3) is 5.91 Å². The lowest BCUT2D eigenvalue weighted by Gasteiger charge is -2.27. The van der Waals surface area contributed by atoms with E-state index in [4.69, 9.17) is 4.74 Å². The van der Waals surface area contributed by atoms with E-state index in [2.05, 4.69) is 29.3 Å². The molecule has 0 spiro atoms. The van der Waals surface area contributed by atoms with E-state index in [-0.39, 0.29) is 28.9 Å². The molecule has 1 atom stereocenters. The molecule has 0 bridgehead atoms. The van der Waals surface area contributed by atoms with E-state index < -0.39 is 4.92 Å². The fraction of sp³-hybridized carbons (Fsp3) is 0.316. The van der Waals surface area contributed by atoms with E-state index in [1.807, 2.05) is 12.1 Å². The third-order valence-electron chi connectivity index (χ3n) is 4.65. The number of nitrogens with zero attached hydrogens (tertiary/aromatic N) is 2. The number of carbonyl (C=O) groups excluding carboxylic acids is 1. The molecule has 0 unspecified atom stereocenters. The number of para-hydroxylation sites is 1. The number of nitrogens with one attached hydrogen (secondary N) is 1. The summed E-state index contributed by atoms with van der Waals surface area (Å²) in [5.74, 6) is -0.205. The lowest BCUT2D eigenvalue weighted by Crippen LogP contribution is -2.41. The van der Waals surface area contributed by atoms with E-state index in [0.29, 0.717) is 6.54 Å². The van der Waals surface area contributed by atoms with Crippen LogP contribution in [0.15, 0.2) is 42.5 Å². The first-order valence-corrected chi connectivity index (χ1v) is 8.46. The van der Waals surface area contributed by atoms with Crippen LogP contribution in [0.5, 0.6) is 5.75 Å². The van der Waals surface area contributed by atoms with Crippen molar-refractivity contribution in [1.82, 2.24) is 5.32 Å². The largest absolute Gasteiger partial charge is 0.490 e. The number of hydrogen-bond donors (Lipinski definition) is 1. The van der Waals surface area contributed by atoms with Crippen molar-refractivity contribution in [3.05, 3.63) is 63.7 Å². The van der Waals surface area contributed by atoms with Gasteiger partial charge in [0.15, 0.2) is 5.75 Å². The molecule has 2 aromatic rings. The minimum absolute atomic E-state index is 0.121. The highest BCUT2D eigenvalue weighted by molar-refractivity contribution is 5.95. The molecule has 1 aliphatic rings. The summed E-state index contributed by atoms with van der Waals surface area (Å²) in [6, 6.07) is 12.6. The topological polar surface area (TPSA) is 84.7 Å². The molecular formula is C19H21N3O4. The summed E-state index contributed by atoms with van der Waals surface area (Å²) < 4.78 is 4.96. The van der Waals surface area contributed by atoms with Gasteiger partial charge in [-0.3, -0.25) is 14.9 Å². The molecule has 1 amide bonds. The Morgan fingerprint density at radius 1 is 1.35 bits per heavy atom. The number of benzene rings is 2. The number of nitro benzene ring substituents is 1. The second kappa shape index (κ2) is 7.43. The molecule has 0 saturated carbocycles. The van der Waals surface area contributed by atoms with Crippen LogP contribution in [0.3, 0.4) is 0 Å². The number of nitro groups is 1. The summed E-state index contributed by atoms with van der Waals surface area (Å²) in [5, 5.41) is 14.0. The van der Waals surface area contributed by atoms with Crippen LogP contribution >= 0.6 is 0 Å². The Kier molecular flexibility index (Phi) is 5.06. The van der Waals surface area contributed by atoms with Crippen LogP contribution in [-0.2, 0) is 6.42 Å². The molecular weight excluding hydrogens is 334 g/mol. The van der Waals surface area contributed by atoms with Crippen molar-refractivity contribution in [2.75, 3.05) is 25.1 Å². The maximum atomic E-state index is 12.4. The van der Waals surface area contributed by atoms with Crippen LogP contribution in [0.1, 0.15) is 22.8 Å². The second-order valence-corrected chi connectivity index (χ2v) is 6.27. The van der Waals surface area contributed by atoms with Gasteiger partial charge in [0.1, 0.15) is 0 Å². The minimum atomic E-state index is -0.556. The molecule has 136 valence electrons. The Hall–Kier alpha value is -3.09. The van der Waals surface area contributed by atoms with Gasteiger partial charge in [0, 0.05) is 36.4 Å². The van der Waals surface area contributed by atoms with Crippen molar-refractivity contribution in [3.63, 3.8) is 0 Å². The van der Waals surface area contributed by atoms with Crippen LogP contribution in [-0.4, -0.2) is 37.1 Å². The van der Waals surface area contributed by atoms with Gasteiger partial charge in [-0.1, -0.05) is 18.2 Å². The van der Waals surface area contributed by atoms with E-state index in [9.17, 15) is 14.9 Å². The first kappa shape index (κ1) is 17.7. The standard InChI is InChI=1S/C19H21N3O4/c1-13(21-10-9-14-5-3-4-6-16(14)21)12-20-19(23)15-7-8-18(26-2)17(11-15)22(24)25/h3-8,11,13H,9-10,12H2,1-2H3,(H,20,23)/t13-/m1/s1. The van der Waals surface area contributed by atoms with Crippen LogP contribution < -0.4 is 15.0 Å². The minimum Gasteiger partial charge on any atom is -0.490 e. The highest BCUT2D eigenvalue weighted by atomic mass is 16.6. The quantitative estimate of drug-likeness (QED) is 0.636. The molecule has 7 nitrogen and oxygen atoms in total. The van der Waals surface area contributed by atoms with Gasteiger partial charge in [-0.2, -0.15) is 0 Å². The molecule has 7 heteroatoms. The summed E-state index contributed by atoms with van der Waals surface area (Å²) in [4.78, 5) is 25.2. The van der Waals surface area contributed by atoms with Crippen molar-refractivity contribution < 1.29 is 14.5 Å². The summed E-state index contributed by atoms with van der Waals surface area (Å²) in [6.45, 7) is 3.43. The van der Waals surface area contributed by atoms with Crippen molar-refractivity contribution in [2.45, 2.75) is 19.4 Å². The average molecular weight is 355 g/mol. The summed E-state index contributed by atoms with van der Waals surface area (Å²) in [7, 11) is 1.36. The van der Waals surface area contributed by atoms with Gasteiger partial charge >= 0.3 is 5.69 Å².